The van der Waals surface area contributed by atoms with Gasteiger partial charge in [-0.1, -0.05) is 47.5 Å². The van der Waals surface area contributed by atoms with Crippen LogP contribution >= 0.6 is 23.2 Å². The van der Waals surface area contributed by atoms with Gasteiger partial charge in [0.15, 0.2) is 34.7 Å². The number of nitrogens with one attached hydrogen (secondary N) is 2. The molecule has 6 aliphatic heterocycles. The molecule has 2 aromatic carbocycles. The monoisotopic (exact) mass is 1150 g/mol. The Labute approximate surface area is 465 Å². The van der Waals surface area contributed by atoms with Crippen LogP contribution in [0, 0.1) is 0 Å². The summed E-state index contributed by atoms with van der Waals surface area (Å²) in [4.78, 5) is 44.4. The lowest BCUT2D eigenvalue weighted by Gasteiger charge is -2.36. The molecule has 80 heavy (non-hydrogen) atoms. The number of aromatic nitrogens is 6. The molecule has 27 heteroatoms. The van der Waals surface area contributed by atoms with E-state index in [-0.39, 0.29) is 53.0 Å². The zero-order valence-electron chi connectivity index (χ0n) is 43.4. The average molecular weight is 1160 g/mol. The van der Waals surface area contributed by atoms with Crippen LogP contribution in [0.2, 0.25) is 10.0 Å². The lowest BCUT2D eigenvalue weighted by molar-refractivity contribution is -0.141. The van der Waals surface area contributed by atoms with Crippen molar-refractivity contribution in [3.63, 3.8) is 0 Å². The summed E-state index contributed by atoms with van der Waals surface area (Å²) in [7, 11) is 0. The van der Waals surface area contributed by atoms with Crippen LogP contribution in [0.3, 0.4) is 0 Å². The molecule has 424 valence electrons. The van der Waals surface area contributed by atoms with Crippen LogP contribution in [-0.2, 0) is 31.3 Å². The maximum Gasteiger partial charge on any atom is 0.416 e. The molecule has 6 aromatic rings. The number of anilines is 6. The van der Waals surface area contributed by atoms with Gasteiger partial charge in [0.25, 0.3) is 0 Å². The topological polar surface area (TPSA) is 210 Å². The van der Waals surface area contributed by atoms with E-state index in [1.165, 1.54) is 47.9 Å². The van der Waals surface area contributed by atoms with Crippen molar-refractivity contribution in [3.05, 3.63) is 107 Å². The second kappa shape index (κ2) is 22.5. The predicted octanol–water partition coefficient (Wildman–Crippen LogP) is 10.4. The molecule has 19 nitrogen and oxygen atoms in total. The lowest BCUT2D eigenvalue weighted by Crippen LogP contribution is -2.48. The highest BCUT2D eigenvalue weighted by Gasteiger charge is 2.42. The van der Waals surface area contributed by atoms with E-state index in [1.807, 2.05) is 27.7 Å². The minimum atomic E-state index is -4.52. The number of pyridine rings is 2. The lowest BCUT2D eigenvalue weighted by atomic mass is 10.1. The van der Waals surface area contributed by atoms with E-state index in [4.69, 9.17) is 57.4 Å². The molecule has 4 fully saturated rings. The van der Waals surface area contributed by atoms with Gasteiger partial charge in [-0.15, -0.1) is 0 Å². The summed E-state index contributed by atoms with van der Waals surface area (Å²) in [5.74, 6) is 1.06. The third-order valence-corrected chi connectivity index (χ3v) is 14.1. The zero-order valence-corrected chi connectivity index (χ0v) is 45.0. The first-order valence-electron chi connectivity index (χ1n) is 25.4. The molecule has 10 heterocycles. The molecule has 0 saturated carbocycles. The first-order valence-corrected chi connectivity index (χ1v) is 26.1. The second-order valence-electron chi connectivity index (χ2n) is 20.3. The van der Waals surface area contributed by atoms with Crippen molar-refractivity contribution in [2.45, 2.75) is 88.8 Å². The number of hydrogen-bond acceptors (Lipinski definition) is 17. The molecule has 4 bridgehead atoms. The standard InChI is InChI=1S/C27H26ClF3N6O4.C16H13ClF3N3.C10H15N3O3/c1-26(2)40-14-19(41-26)13-39-18-10-32-24(33-11-18)35-25(38)37-17-6-7-36(12-17)21-9-20(28)22(34-23(21)37)15-4-3-5-16(8-15)27(29,30)31;17-12-7-13-15(21-11-4-5-23(13)8-11)22-14(12)9-2-1-3-10(6-9)16(18,19)20;1-10(2)15-6-8(16-10)5-14-7-3-12-9(11)13-4-7/h3-5,8-11,17,19H,6-7,12-14H2,1-2H3,(H,32,33,35,38);1-3,6-7,11H,4-5,8H2,(H,21,22);3-4,8H,5-6H2,1-2H3,(H2,11,12,13)/t17-,19+;11-;8-/m001/s1. The van der Waals surface area contributed by atoms with E-state index in [0.29, 0.717) is 90.5 Å². The molecule has 12 rings (SSSR count). The highest BCUT2D eigenvalue weighted by atomic mass is 35.5. The van der Waals surface area contributed by atoms with Crippen molar-refractivity contribution in [1.82, 2.24) is 29.9 Å². The number of benzene rings is 2. The number of alkyl halides is 6. The van der Waals surface area contributed by atoms with Crippen LogP contribution in [0.4, 0.5) is 66.0 Å². The van der Waals surface area contributed by atoms with Crippen LogP contribution in [0.1, 0.15) is 51.7 Å². The summed E-state index contributed by atoms with van der Waals surface area (Å²) >= 11 is 12.8. The Balaban J connectivity index is 0.000000154. The Bertz CT molecular complexity index is 3220. The molecular formula is C53H54Cl2F6N12O7. The smallest absolute Gasteiger partial charge is 0.416 e. The van der Waals surface area contributed by atoms with E-state index in [2.05, 4.69) is 50.3 Å². The Kier molecular flexibility index (Phi) is 15.8. The van der Waals surface area contributed by atoms with Crippen molar-refractivity contribution >= 4 is 64.1 Å². The van der Waals surface area contributed by atoms with Crippen molar-refractivity contribution in [3.8, 4) is 34.0 Å². The fourth-order valence-electron chi connectivity index (χ4n) is 9.77. The third-order valence-electron chi connectivity index (χ3n) is 13.5. The number of nitrogens with two attached hydrogens (primary N) is 1. The molecule has 4 saturated heterocycles. The number of carbonyl (C=O) groups excluding carboxylic acids is 1. The molecule has 0 radical (unpaired) electrons. The summed E-state index contributed by atoms with van der Waals surface area (Å²) in [5.41, 5.74) is 6.45. The fraction of sp³-hybridized carbons (Fsp3) is 0.415. The average Bonchev–Trinajstić information content (AvgIpc) is 4.38. The molecule has 4 N–H and O–H groups in total. The molecule has 2 amide bonds. The number of nitrogens with zero attached hydrogens (tertiary/aromatic N) is 9. The molecule has 0 unspecified atom stereocenters. The van der Waals surface area contributed by atoms with Gasteiger partial charge in [-0.2, -0.15) is 26.3 Å². The first kappa shape index (κ1) is 56.3. The van der Waals surface area contributed by atoms with Crippen LogP contribution < -0.4 is 40.5 Å². The summed E-state index contributed by atoms with van der Waals surface area (Å²) in [6.07, 6.45) is -1.56. The van der Waals surface area contributed by atoms with Crippen LogP contribution in [0.15, 0.2) is 85.5 Å². The van der Waals surface area contributed by atoms with Crippen molar-refractivity contribution in [1.29, 1.82) is 0 Å². The van der Waals surface area contributed by atoms with Crippen LogP contribution in [0.25, 0.3) is 22.5 Å². The van der Waals surface area contributed by atoms with Gasteiger partial charge in [0, 0.05) is 43.3 Å². The molecule has 6 aliphatic rings. The molecule has 0 spiro atoms. The van der Waals surface area contributed by atoms with Gasteiger partial charge in [-0.3, -0.25) is 10.2 Å². The van der Waals surface area contributed by atoms with Gasteiger partial charge < -0.3 is 49.3 Å². The number of urea groups is 1. The Hall–Kier alpha value is -7.03. The highest BCUT2D eigenvalue weighted by molar-refractivity contribution is 6.34. The van der Waals surface area contributed by atoms with Gasteiger partial charge in [0.2, 0.25) is 11.9 Å². The van der Waals surface area contributed by atoms with E-state index >= 15 is 0 Å². The number of hydrogen-bond donors (Lipinski definition) is 3. The van der Waals surface area contributed by atoms with E-state index < -0.39 is 41.1 Å². The minimum Gasteiger partial charge on any atom is -0.488 e. The normalized spacial score (nSPS) is 21.1. The summed E-state index contributed by atoms with van der Waals surface area (Å²) in [5, 5.41) is 6.58. The Morgan fingerprint density at radius 2 is 1.24 bits per heavy atom. The number of amides is 2. The van der Waals surface area contributed by atoms with Gasteiger partial charge in [-0.05, 0) is 76.9 Å². The number of nitrogen functional groups attached to an aromatic ring is 1. The number of fused-ring (bicyclic) bond motifs is 8. The quantitative estimate of drug-likeness (QED) is 0.115. The summed E-state index contributed by atoms with van der Waals surface area (Å²) < 4.78 is 112. The van der Waals surface area contributed by atoms with Crippen molar-refractivity contribution in [2.24, 2.45) is 0 Å². The largest absolute Gasteiger partial charge is 0.488 e. The zero-order chi connectivity index (χ0) is 56.7. The fourth-order valence-corrected chi connectivity index (χ4v) is 10.3. The summed E-state index contributed by atoms with van der Waals surface area (Å²) in [6.45, 7) is 12.1. The van der Waals surface area contributed by atoms with E-state index in [1.54, 1.807) is 18.2 Å². The van der Waals surface area contributed by atoms with Crippen molar-refractivity contribution < 1.29 is 59.6 Å². The SMILES string of the molecule is CC1(C)OC[C@@H](COc2cnc(N)nc2)O1.CC1(C)OC[C@@H](COc2cnc(NC(=O)N3c4nc(-c5cccc(C(F)(F)F)c5)c(Cl)cc4N4CC[C@H]3C4)nc2)O1.FC(F)(F)c1cccc(-c2nc3c(cc2Cl)N2CC[C@@H](C2)N3)c1. The molecule has 4 atom stereocenters. The Morgan fingerprint density at radius 1 is 0.725 bits per heavy atom. The maximum absolute atomic E-state index is 13.5. The van der Waals surface area contributed by atoms with Crippen molar-refractivity contribution in [2.75, 3.05) is 83.7 Å². The van der Waals surface area contributed by atoms with Crippen LogP contribution in [0.5, 0.6) is 11.5 Å². The number of ether oxygens (including phenoxy) is 6. The molecule has 0 aliphatic carbocycles. The number of carbonyl (C=O) groups is 1. The van der Waals surface area contributed by atoms with E-state index in [0.717, 1.165) is 49.5 Å². The van der Waals surface area contributed by atoms with Gasteiger partial charge in [-0.25, -0.2) is 34.7 Å². The molecule has 4 aromatic heterocycles. The third kappa shape index (κ3) is 13.1. The van der Waals surface area contributed by atoms with E-state index in [9.17, 15) is 31.1 Å². The second-order valence-corrected chi connectivity index (χ2v) is 21.1. The predicted molar refractivity (Wildman–Crippen MR) is 285 cm³/mol. The van der Waals surface area contributed by atoms with Gasteiger partial charge in [0.1, 0.15) is 25.4 Å². The number of halogens is 8. The number of rotatable bonds is 9. The minimum absolute atomic E-state index is 0.0537. The summed E-state index contributed by atoms with van der Waals surface area (Å²) in [6, 6.07) is 12.9. The highest BCUT2D eigenvalue weighted by Crippen LogP contribution is 2.45. The Morgan fingerprint density at radius 3 is 1.77 bits per heavy atom. The van der Waals surface area contributed by atoms with Gasteiger partial charge in [0.05, 0.1) is 88.0 Å². The first-order chi connectivity index (χ1) is 37.9. The molecular weight excluding hydrogens is 1100 g/mol. The van der Waals surface area contributed by atoms with Gasteiger partial charge >= 0.3 is 18.4 Å². The van der Waals surface area contributed by atoms with Crippen LogP contribution in [-0.4, -0.2) is 124 Å². The maximum atomic E-state index is 13.5.